The van der Waals surface area contributed by atoms with Gasteiger partial charge in [-0.2, -0.15) is 0 Å². The van der Waals surface area contributed by atoms with Gasteiger partial charge in [-0.1, -0.05) is 12.1 Å². The van der Waals surface area contributed by atoms with Crippen LogP contribution in [0.2, 0.25) is 0 Å². The van der Waals surface area contributed by atoms with Crippen LogP contribution in [-0.2, 0) is 18.0 Å². The highest BCUT2D eigenvalue weighted by molar-refractivity contribution is 5.90. The number of carbonyl (C=O) groups is 1. The van der Waals surface area contributed by atoms with E-state index in [0.29, 0.717) is 23.5 Å². The molecular weight excluding hydrogens is 480 g/mol. The highest BCUT2D eigenvalue weighted by atomic mass is 16.3. The SMILES string of the molecule is CC(C)N1CCN(C(C(=O)C(c2ccc(CO)cn2)N2CCN(C(C)C)CC2)c2ccc(CO)cn2)CC1. The maximum atomic E-state index is 14.7. The van der Waals surface area contributed by atoms with Crippen molar-refractivity contribution in [3.63, 3.8) is 0 Å². The number of Topliss-reactive ketones (excluding diaryl/α,β-unsaturated/α-hetero) is 1. The van der Waals surface area contributed by atoms with Gasteiger partial charge in [0.2, 0.25) is 0 Å². The van der Waals surface area contributed by atoms with Crippen LogP contribution in [0.5, 0.6) is 0 Å². The second-order valence-corrected chi connectivity index (χ2v) is 11.0. The van der Waals surface area contributed by atoms with E-state index in [9.17, 15) is 15.0 Å². The number of hydrogen-bond acceptors (Lipinski definition) is 9. The topological polar surface area (TPSA) is 96.3 Å². The zero-order valence-corrected chi connectivity index (χ0v) is 23.3. The number of aliphatic hydroxyl groups excluding tert-OH is 2. The van der Waals surface area contributed by atoms with Gasteiger partial charge in [0.25, 0.3) is 0 Å². The first-order valence-corrected chi connectivity index (χ1v) is 13.9. The lowest BCUT2D eigenvalue weighted by Crippen LogP contribution is -2.54. The molecule has 2 saturated heterocycles. The Morgan fingerprint density at radius 2 is 1.00 bits per heavy atom. The van der Waals surface area contributed by atoms with Gasteiger partial charge in [0.05, 0.1) is 24.6 Å². The summed E-state index contributed by atoms with van der Waals surface area (Å²) in [5.41, 5.74) is 2.88. The summed E-state index contributed by atoms with van der Waals surface area (Å²) < 4.78 is 0. The summed E-state index contributed by atoms with van der Waals surface area (Å²) in [6.45, 7) is 15.4. The molecular formula is C29H44N6O3. The van der Waals surface area contributed by atoms with E-state index in [2.05, 4.69) is 57.3 Å². The number of carbonyl (C=O) groups excluding carboxylic acids is 1. The Morgan fingerprint density at radius 1 is 0.658 bits per heavy atom. The van der Waals surface area contributed by atoms with Crippen LogP contribution in [0, 0.1) is 0 Å². The highest BCUT2D eigenvalue weighted by Gasteiger charge is 2.40. The Bertz CT molecular complexity index is 932. The van der Waals surface area contributed by atoms with Crippen molar-refractivity contribution in [1.29, 1.82) is 0 Å². The molecule has 2 aliphatic rings. The fourth-order valence-electron chi connectivity index (χ4n) is 5.58. The summed E-state index contributed by atoms with van der Waals surface area (Å²) in [5.74, 6) is 0.0782. The lowest BCUT2D eigenvalue weighted by Gasteiger charge is -2.43. The molecule has 0 spiro atoms. The van der Waals surface area contributed by atoms with Crippen LogP contribution < -0.4 is 0 Å². The minimum Gasteiger partial charge on any atom is -0.392 e. The van der Waals surface area contributed by atoms with E-state index in [4.69, 9.17) is 0 Å². The number of ketones is 1. The van der Waals surface area contributed by atoms with E-state index in [-0.39, 0.29) is 19.0 Å². The summed E-state index contributed by atoms with van der Waals surface area (Å²) in [7, 11) is 0. The molecule has 9 nitrogen and oxygen atoms in total. The number of aromatic nitrogens is 2. The van der Waals surface area contributed by atoms with Crippen LogP contribution in [0.25, 0.3) is 0 Å². The van der Waals surface area contributed by atoms with Gasteiger partial charge in [-0.05, 0) is 51.0 Å². The molecule has 4 rings (SSSR count). The van der Waals surface area contributed by atoms with Gasteiger partial charge in [0.1, 0.15) is 12.1 Å². The Hall–Kier alpha value is -2.27. The second kappa shape index (κ2) is 13.2. The summed E-state index contributed by atoms with van der Waals surface area (Å²) in [4.78, 5) is 33.4. The van der Waals surface area contributed by atoms with E-state index < -0.39 is 12.1 Å². The zero-order valence-electron chi connectivity index (χ0n) is 23.3. The van der Waals surface area contributed by atoms with Gasteiger partial charge < -0.3 is 10.2 Å². The maximum Gasteiger partial charge on any atom is 0.179 e. The molecule has 2 aromatic rings. The van der Waals surface area contributed by atoms with Crippen molar-refractivity contribution >= 4 is 5.78 Å². The number of pyridine rings is 2. The first kappa shape index (κ1) is 28.7. The number of piperazine rings is 2. The molecule has 0 amide bonds. The summed E-state index contributed by atoms with van der Waals surface area (Å²) in [5, 5.41) is 19.1. The average molecular weight is 525 g/mol. The number of rotatable bonds is 10. The molecule has 2 N–H and O–H groups in total. The number of hydrogen-bond donors (Lipinski definition) is 2. The molecule has 9 heteroatoms. The first-order chi connectivity index (χ1) is 18.3. The third-order valence-corrected chi connectivity index (χ3v) is 8.05. The predicted molar refractivity (Wildman–Crippen MR) is 147 cm³/mol. The molecule has 2 atom stereocenters. The molecule has 2 aliphatic heterocycles. The van der Waals surface area contributed by atoms with Crippen molar-refractivity contribution in [3.8, 4) is 0 Å². The van der Waals surface area contributed by atoms with E-state index in [1.54, 1.807) is 12.4 Å². The van der Waals surface area contributed by atoms with E-state index in [1.807, 2.05) is 24.3 Å². The van der Waals surface area contributed by atoms with Gasteiger partial charge in [-0.15, -0.1) is 0 Å². The van der Waals surface area contributed by atoms with Gasteiger partial charge in [-0.3, -0.25) is 34.4 Å². The number of nitrogens with zero attached hydrogens (tertiary/aromatic N) is 6. The molecule has 4 heterocycles. The van der Waals surface area contributed by atoms with Crippen LogP contribution in [0.3, 0.4) is 0 Å². The smallest absolute Gasteiger partial charge is 0.179 e. The van der Waals surface area contributed by atoms with Crippen LogP contribution in [0.4, 0.5) is 0 Å². The minimum absolute atomic E-state index is 0.0782. The lowest BCUT2D eigenvalue weighted by atomic mass is 9.94. The molecule has 2 unspecified atom stereocenters. The van der Waals surface area contributed by atoms with Crippen LogP contribution in [-0.4, -0.2) is 110 Å². The molecule has 0 saturated carbocycles. The second-order valence-electron chi connectivity index (χ2n) is 11.0. The van der Waals surface area contributed by atoms with Gasteiger partial charge in [0.15, 0.2) is 5.78 Å². The van der Waals surface area contributed by atoms with Crippen LogP contribution in [0.1, 0.15) is 62.3 Å². The van der Waals surface area contributed by atoms with E-state index >= 15 is 0 Å². The first-order valence-electron chi connectivity index (χ1n) is 13.9. The maximum absolute atomic E-state index is 14.7. The Kier molecular flexibility index (Phi) is 9.97. The van der Waals surface area contributed by atoms with Crippen molar-refractivity contribution in [1.82, 2.24) is 29.6 Å². The summed E-state index contributed by atoms with van der Waals surface area (Å²) in [6, 6.07) is 7.40. The zero-order chi connectivity index (χ0) is 27.2. The van der Waals surface area contributed by atoms with Crippen molar-refractivity contribution < 1.29 is 15.0 Å². The van der Waals surface area contributed by atoms with Crippen molar-refractivity contribution in [2.24, 2.45) is 0 Å². The standard InChI is InChI=1S/C29H44N6O3/c1-21(2)32-9-13-34(14-10-32)27(25-7-5-23(19-36)17-30-25)29(38)28(26-8-6-24(20-37)18-31-26)35-15-11-33(12-16-35)22(3)4/h5-8,17-18,21-22,27-28,36-37H,9-16,19-20H2,1-4H3. The highest BCUT2D eigenvalue weighted by Crippen LogP contribution is 2.32. The lowest BCUT2D eigenvalue weighted by molar-refractivity contribution is -0.132. The fourth-order valence-corrected chi connectivity index (χ4v) is 5.58. The molecule has 0 radical (unpaired) electrons. The quantitative estimate of drug-likeness (QED) is 0.483. The molecule has 0 bridgehead atoms. The predicted octanol–water partition coefficient (Wildman–Crippen LogP) is 1.86. The molecule has 0 aromatic carbocycles. The van der Waals surface area contributed by atoms with E-state index in [1.165, 1.54) is 0 Å². The van der Waals surface area contributed by atoms with Gasteiger partial charge >= 0.3 is 0 Å². The third kappa shape index (κ3) is 6.65. The normalized spacial score (nSPS) is 20.2. The fraction of sp³-hybridized carbons (Fsp3) is 0.621. The minimum atomic E-state index is -0.510. The van der Waals surface area contributed by atoms with E-state index in [0.717, 1.165) is 63.5 Å². The van der Waals surface area contributed by atoms with Crippen molar-refractivity contribution in [2.45, 2.75) is 65.1 Å². The molecule has 38 heavy (non-hydrogen) atoms. The molecule has 0 aliphatic carbocycles. The number of aliphatic hydroxyl groups is 2. The van der Waals surface area contributed by atoms with Crippen LogP contribution in [0.15, 0.2) is 36.7 Å². The van der Waals surface area contributed by atoms with Gasteiger partial charge in [0, 0.05) is 76.8 Å². The third-order valence-electron chi connectivity index (χ3n) is 8.05. The van der Waals surface area contributed by atoms with Gasteiger partial charge in [-0.25, -0.2) is 0 Å². The average Bonchev–Trinajstić information content (AvgIpc) is 2.94. The monoisotopic (exact) mass is 524 g/mol. The molecule has 2 aromatic heterocycles. The Morgan fingerprint density at radius 3 is 1.26 bits per heavy atom. The molecule has 2 fully saturated rings. The Labute approximate surface area is 227 Å². The summed E-state index contributed by atoms with van der Waals surface area (Å²) >= 11 is 0. The molecule has 208 valence electrons. The van der Waals surface area contributed by atoms with Crippen molar-refractivity contribution in [3.05, 3.63) is 59.2 Å². The van der Waals surface area contributed by atoms with Crippen molar-refractivity contribution in [2.75, 3.05) is 52.4 Å². The van der Waals surface area contributed by atoms with Crippen LogP contribution >= 0.6 is 0 Å². The Balaban J connectivity index is 1.68. The summed E-state index contributed by atoms with van der Waals surface area (Å²) in [6.07, 6.45) is 3.34. The largest absolute Gasteiger partial charge is 0.392 e.